The van der Waals surface area contributed by atoms with Crippen molar-refractivity contribution in [3.05, 3.63) is 64.1 Å². The average molecular weight is 461 g/mol. The summed E-state index contributed by atoms with van der Waals surface area (Å²) in [4.78, 5) is 37.0. The maximum Gasteiger partial charge on any atom is 0.305 e. The van der Waals surface area contributed by atoms with Crippen LogP contribution in [0.3, 0.4) is 0 Å². The molecule has 1 aromatic heterocycles. The van der Waals surface area contributed by atoms with E-state index in [1.807, 2.05) is 0 Å². The number of benzene rings is 2. The predicted octanol–water partition coefficient (Wildman–Crippen LogP) is 4.22. The highest BCUT2D eigenvalue weighted by atomic mass is 35.5. The molecule has 3 aromatic rings. The van der Waals surface area contributed by atoms with Gasteiger partial charge in [-0.15, -0.1) is 0 Å². The van der Waals surface area contributed by atoms with E-state index in [4.69, 9.17) is 16.7 Å². The van der Waals surface area contributed by atoms with Crippen molar-refractivity contribution in [1.29, 1.82) is 0 Å². The smallest absolute Gasteiger partial charge is 0.305 e. The van der Waals surface area contributed by atoms with Gasteiger partial charge in [-0.25, -0.2) is 4.39 Å². The molecule has 0 fully saturated rings. The predicted molar refractivity (Wildman–Crippen MR) is 118 cm³/mol. The fourth-order valence-corrected chi connectivity index (χ4v) is 3.93. The molecule has 0 aliphatic carbocycles. The molecule has 7 nitrogen and oxygen atoms in total. The summed E-state index contributed by atoms with van der Waals surface area (Å²) in [5.74, 6) is -3.52. The minimum absolute atomic E-state index is 0.0484. The molecule has 1 heterocycles. The third-order valence-electron chi connectivity index (χ3n) is 5.30. The van der Waals surface area contributed by atoms with Crippen LogP contribution in [0, 0.1) is 12.7 Å². The Morgan fingerprint density at radius 2 is 1.84 bits per heavy atom. The second-order valence-corrected chi connectivity index (χ2v) is 8.11. The highest BCUT2D eigenvalue weighted by Gasteiger charge is 2.28. The van der Waals surface area contributed by atoms with Crippen LogP contribution < -0.4 is 5.32 Å². The normalized spacial score (nSPS) is 13.0. The summed E-state index contributed by atoms with van der Waals surface area (Å²) in [7, 11) is 0. The SMILES string of the molecule is Cc1c(C(C)C(=O)N[C@@H](C)CC(=O)O)c2cc(O)ccc2n1C(=O)c1ccc(Cl)c(F)c1. The number of aromatic nitrogens is 1. The summed E-state index contributed by atoms with van der Waals surface area (Å²) in [6.45, 7) is 4.87. The van der Waals surface area contributed by atoms with E-state index in [2.05, 4.69) is 5.32 Å². The van der Waals surface area contributed by atoms with Gasteiger partial charge < -0.3 is 15.5 Å². The third-order valence-corrected chi connectivity index (χ3v) is 5.61. The Morgan fingerprint density at radius 3 is 2.47 bits per heavy atom. The zero-order valence-electron chi connectivity index (χ0n) is 17.6. The molecule has 168 valence electrons. The molecule has 2 aromatic carbocycles. The molecule has 32 heavy (non-hydrogen) atoms. The van der Waals surface area contributed by atoms with Gasteiger partial charge >= 0.3 is 5.97 Å². The highest BCUT2D eigenvalue weighted by molar-refractivity contribution is 6.30. The molecule has 0 bridgehead atoms. The van der Waals surface area contributed by atoms with Crippen LogP contribution in [-0.4, -0.2) is 38.6 Å². The van der Waals surface area contributed by atoms with Crippen molar-refractivity contribution >= 4 is 40.3 Å². The number of carbonyl (C=O) groups excluding carboxylic acids is 2. The fraction of sp³-hybridized carbons (Fsp3) is 0.261. The second kappa shape index (κ2) is 9.00. The number of phenols is 1. The lowest BCUT2D eigenvalue weighted by molar-refractivity contribution is -0.137. The molecule has 0 radical (unpaired) electrons. The quantitative estimate of drug-likeness (QED) is 0.510. The molecule has 1 amide bonds. The van der Waals surface area contributed by atoms with E-state index in [0.717, 1.165) is 6.07 Å². The minimum Gasteiger partial charge on any atom is -0.508 e. The van der Waals surface area contributed by atoms with Crippen LogP contribution in [0.15, 0.2) is 36.4 Å². The number of aliphatic carboxylic acids is 1. The summed E-state index contributed by atoms with van der Waals surface area (Å²) < 4.78 is 15.3. The van der Waals surface area contributed by atoms with Crippen molar-refractivity contribution in [2.45, 2.75) is 39.2 Å². The molecule has 0 saturated heterocycles. The van der Waals surface area contributed by atoms with Gasteiger partial charge in [0.1, 0.15) is 11.6 Å². The average Bonchev–Trinajstić information content (AvgIpc) is 2.99. The Morgan fingerprint density at radius 1 is 1.16 bits per heavy atom. The van der Waals surface area contributed by atoms with E-state index in [1.165, 1.54) is 28.8 Å². The summed E-state index contributed by atoms with van der Waals surface area (Å²) in [6, 6.07) is 7.55. The summed E-state index contributed by atoms with van der Waals surface area (Å²) >= 11 is 5.73. The monoisotopic (exact) mass is 460 g/mol. The number of rotatable bonds is 6. The summed E-state index contributed by atoms with van der Waals surface area (Å²) in [5, 5.41) is 22.0. The van der Waals surface area contributed by atoms with E-state index in [1.54, 1.807) is 26.8 Å². The standard InChI is InChI=1S/C23H22ClFN2O5/c1-11(8-20(29)30)26-22(31)12(2)21-13(3)27(19-7-5-15(28)10-16(19)21)23(32)14-4-6-17(24)18(25)9-14/h4-7,9-12,28H,8H2,1-3H3,(H,26,31)(H,29,30)/t11-,12?/m0/s1. The number of hydrogen-bond acceptors (Lipinski definition) is 4. The van der Waals surface area contributed by atoms with Crippen molar-refractivity contribution in [3.8, 4) is 5.75 Å². The van der Waals surface area contributed by atoms with Gasteiger partial charge in [-0.2, -0.15) is 0 Å². The number of carbonyl (C=O) groups is 3. The van der Waals surface area contributed by atoms with E-state index in [0.29, 0.717) is 22.2 Å². The molecule has 0 aliphatic heterocycles. The van der Waals surface area contributed by atoms with Crippen LogP contribution in [0.1, 0.15) is 47.8 Å². The van der Waals surface area contributed by atoms with Gasteiger partial charge in [0.2, 0.25) is 5.91 Å². The molecular formula is C23H22ClFN2O5. The lowest BCUT2D eigenvalue weighted by atomic mass is 9.96. The van der Waals surface area contributed by atoms with Crippen LogP contribution >= 0.6 is 11.6 Å². The van der Waals surface area contributed by atoms with Gasteiger partial charge in [-0.05, 0) is 62.7 Å². The van der Waals surface area contributed by atoms with Crippen molar-refractivity contribution < 1.29 is 29.0 Å². The number of nitrogens with one attached hydrogen (secondary N) is 1. The van der Waals surface area contributed by atoms with Gasteiger partial charge in [0.25, 0.3) is 5.91 Å². The first-order valence-corrected chi connectivity index (χ1v) is 10.2. The highest BCUT2D eigenvalue weighted by Crippen LogP contribution is 2.35. The number of fused-ring (bicyclic) bond motifs is 1. The zero-order valence-corrected chi connectivity index (χ0v) is 18.4. The van der Waals surface area contributed by atoms with Crippen molar-refractivity contribution in [2.75, 3.05) is 0 Å². The number of nitrogens with zero attached hydrogens (tertiary/aromatic N) is 1. The topological polar surface area (TPSA) is 109 Å². The van der Waals surface area contributed by atoms with Crippen LogP contribution in [0.5, 0.6) is 5.75 Å². The third kappa shape index (κ3) is 4.45. The van der Waals surface area contributed by atoms with Gasteiger partial charge in [0, 0.05) is 22.7 Å². The van der Waals surface area contributed by atoms with Gasteiger partial charge in [0.15, 0.2) is 0 Å². The Labute approximate surface area is 188 Å². The maximum atomic E-state index is 14.0. The molecule has 0 saturated carbocycles. The number of halogens is 2. The molecular weight excluding hydrogens is 439 g/mol. The van der Waals surface area contributed by atoms with Crippen molar-refractivity contribution in [1.82, 2.24) is 9.88 Å². The Balaban J connectivity index is 2.10. The van der Waals surface area contributed by atoms with Crippen molar-refractivity contribution in [3.63, 3.8) is 0 Å². The first-order chi connectivity index (χ1) is 15.0. The molecule has 2 atom stereocenters. The van der Waals surface area contributed by atoms with E-state index in [-0.39, 0.29) is 22.8 Å². The van der Waals surface area contributed by atoms with E-state index in [9.17, 15) is 23.9 Å². The molecule has 0 aliphatic rings. The van der Waals surface area contributed by atoms with Crippen LogP contribution in [0.4, 0.5) is 4.39 Å². The van der Waals surface area contributed by atoms with Crippen LogP contribution in [0.25, 0.3) is 10.9 Å². The zero-order chi connectivity index (χ0) is 23.7. The lowest BCUT2D eigenvalue weighted by Gasteiger charge is -2.17. The lowest BCUT2D eigenvalue weighted by Crippen LogP contribution is -2.37. The molecule has 9 heteroatoms. The first-order valence-electron chi connectivity index (χ1n) is 9.87. The maximum absolute atomic E-state index is 14.0. The summed E-state index contributed by atoms with van der Waals surface area (Å²) in [6.07, 6.45) is -0.236. The molecule has 3 rings (SSSR count). The van der Waals surface area contributed by atoms with Gasteiger partial charge in [-0.3, -0.25) is 19.0 Å². The largest absolute Gasteiger partial charge is 0.508 e. The van der Waals surface area contributed by atoms with Gasteiger partial charge in [-0.1, -0.05) is 11.6 Å². The number of carboxylic acids is 1. The van der Waals surface area contributed by atoms with Crippen molar-refractivity contribution in [2.24, 2.45) is 0 Å². The number of aromatic hydroxyl groups is 1. The summed E-state index contributed by atoms with van der Waals surface area (Å²) in [5.41, 5.74) is 1.45. The Kier molecular flexibility index (Phi) is 6.55. The number of phenolic OH excluding ortho intramolecular Hbond substituents is 1. The Bertz CT molecular complexity index is 1240. The first kappa shape index (κ1) is 23.3. The van der Waals surface area contributed by atoms with Gasteiger partial charge in [0.05, 0.1) is 22.9 Å². The number of carboxylic acid groups (broad SMARTS) is 1. The van der Waals surface area contributed by atoms with E-state index >= 15 is 0 Å². The minimum atomic E-state index is -1.04. The fourth-order valence-electron chi connectivity index (χ4n) is 3.81. The molecule has 0 spiro atoms. The van der Waals surface area contributed by atoms with Crippen LogP contribution in [-0.2, 0) is 9.59 Å². The number of amides is 1. The number of hydrogen-bond donors (Lipinski definition) is 3. The van der Waals surface area contributed by atoms with E-state index < -0.39 is 35.6 Å². The molecule has 1 unspecified atom stereocenters. The molecule has 3 N–H and O–H groups in total. The Hall–Kier alpha value is -3.39. The van der Waals surface area contributed by atoms with Crippen LogP contribution in [0.2, 0.25) is 5.02 Å². The second-order valence-electron chi connectivity index (χ2n) is 7.70.